The SMILES string of the molecule is O=C1NC2(CCCCC2)C(=O)N1CC(=O)N(CCc1ccc(F)cc1)C1CCCC1. The van der Waals surface area contributed by atoms with Gasteiger partial charge < -0.3 is 10.2 Å². The number of amides is 4. The van der Waals surface area contributed by atoms with Crippen molar-refractivity contribution >= 4 is 17.8 Å². The lowest BCUT2D eigenvalue weighted by atomic mass is 9.82. The average Bonchev–Trinajstić information content (AvgIpc) is 3.34. The molecule has 3 fully saturated rings. The second kappa shape index (κ2) is 8.74. The molecule has 1 N–H and O–H groups in total. The van der Waals surface area contributed by atoms with Crippen LogP contribution in [0.15, 0.2) is 24.3 Å². The van der Waals surface area contributed by atoms with Gasteiger partial charge in [-0.05, 0) is 49.8 Å². The van der Waals surface area contributed by atoms with Crippen molar-refractivity contribution in [3.63, 3.8) is 0 Å². The predicted octanol–water partition coefficient (Wildman–Crippen LogP) is 3.39. The molecule has 7 heteroatoms. The fourth-order valence-corrected chi connectivity index (χ4v) is 5.17. The van der Waals surface area contributed by atoms with E-state index in [4.69, 9.17) is 0 Å². The zero-order valence-electron chi connectivity index (χ0n) is 17.4. The summed E-state index contributed by atoms with van der Waals surface area (Å²) in [7, 11) is 0. The molecular weight excluding hydrogens is 385 g/mol. The number of rotatable bonds is 6. The van der Waals surface area contributed by atoms with Gasteiger partial charge in [0.1, 0.15) is 17.9 Å². The number of imide groups is 1. The molecule has 1 saturated heterocycles. The smallest absolute Gasteiger partial charge is 0.325 e. The van der Waals surface area contributed by atoms with Gasteiger partial charge in [0.2, 0.25) is 5.91 Å². The summed E-state index contributed by atoms with van der Waals surface area (Å²) in [4.78, 5) is 41.7. The minimum Gasteiger partial charge on any atom is -0.338 e. The lowest BCUT2D eigenvalue weighted by molar-refractivity contribution is -0.140. The highest BCUT2D eigenvalue weighted by Gasteiger charge is 2.51. The highest BCUT2D eigenvalue weighted by atomic mass is 19.1. The van der Waals surface area contributed by atoms with Crippen molar-refractivity contribution in [2.75, 3.05) is 13.1 Å². The number of carbonyl (C=O) groups is 3. The minimum absolute atomic E-state index is 0.141. The van der Waals surface area contributed by atoms with Crippen molar-refractivity contribution < 1.29 is 18.8 Å². The number of halogens is 1. The Labute approximate surface area is 176 Å². The van der Waals surface area contributed by atoms with Crippen LogP contribution in [0.25, 0.3) is 0 Å². The zero-order valence-corrected chi connectivity index (χ0v) is 17.4. The minimum atomic E-state index is -0.804. The molecular formula is C23H30FN3O3. The maximum atomic E-state index is 13.2. The molecule has 2 saturated carbocycles. The second-order valence-electron chi connectivity index (χ2n) is 8.87. The second-order valence-corrected chi connectivity index (χ2v) is 8.87. The Bertz CT molecular complexity index is 798. The molecule has 2 aliphatic carbocycles. The molecule has 1 spiro atoms. The molecule has 1 aliphatic heterocycles. The largest absolute Gasteiger partial charge is 0.338 e. The topological polar surface area (TPSA) is 69.7 Å². The van der Waals surface area contributed by atoms with E-state index in [0.717, 1.165) is 55.4 Å². The van der Waals surface area contributed by atoms with Crippen molar-refractivity contribution in [1.82, 2.24) is 15.1 Å². The molecule has 0 bridgehead atoms. The molecule has 30 heavy (non-hydrogen) atoms. The van der Waals surface area contributed by atoms with Gasteiger partial charge >= 0.3 is 6.03 Å². The van der Waals surface area contributed by atoms with Gasteiger partial charge in [0.05, 0.1) is 0 Å². The standard InChI is InChI=1S/C23H30FN3O3/c24-18-10-8-17(9-11-18)12-15-26(19-6-2-3-7-19)20(28)16-27-21(29)23(25-22(27)30)13-4-1-5-14-23/h8-11,19H,1-7,12-16H2,(H,25,30). The molecule has 6 nitrogen and oxygen atoms in total. The first-order chi connectivity index (χ1) is 14.5. The van der Waals surface area contributed by atoms with Crippen LogP contribution in [0, 0.1) is 5.82 Å². The summed E-state index contributed by atoms with van der Waals surface area (Å²) in [5.74, 6) is -0.705. The van der Waals surface area contributed by atoms with E-state index in [2.05, 4.69) is 5.32 Å². The highest BCUT2D eigenvalue weighted by molar-refractivity contribution is 6.09. The monoisotopic (exact) mass is 415 g/mol. The van der Waals surface area contributed by atoms with Crippen LogP contribution in [0.3, 0.4) is 0 Å². The first-order valence-electron chi connectivity index (χ1n) is 11.2. The molecule has 1 aromatic carbocycles. The van der Waals surface area contributed by atoms with Crippen LogP contribution in [0.5, 0.6) is 0 Å². The van der Waals surface area contributed by atoms with Crippen LogP contribution < -0.4 is 5.32 Å². The Balaban J connectivity index is 1.44. The van der Waals surface area contributed by atoms with Gasteiger partial charge in [-0.2, -0.15) is 0 Å². The molecule has 1 aromatic rings. The van der Waals surface area contributed by atoms with Gasteiger partial charge in [-0.25, -0.2) is 9.18 Å². The summed E-state index contributed by atoms with van der Waals surface area (Å²) in [6.07, 6.45) is 8.87. The van der Waals surface area contributed by atoms with Crippen LogP contribution in [-0.2, 0) is 16.0 Å². The fourth-order valence-electron chi connectivity index (χ4n) is 5.17. The summed E-state index contributed by atoms with van der Waals surface area (Å²) in [6, 6.07) is 6.01. The van der Waals surface area contributed by atoms with Gasteiger partial charge in [0.15, 0.2) is 0 Å². The lowest BCUT2D eigenvalue weighted by Crippen LogP contribution is -2.50. The molecule has 0 atom stereocenters. The van der Waals surface area contributed by atoms with Gasteiger partial charge in [-0.3, -0.25) is 14.5 Å². The average molecular weight is 416 g/mol. The van der Waals surface area contributed by atoms with Crippen LogP contribution in [0.1, 0.15) is 63.4 Å². The number of urea groups is 1. The number of carbonyl (C=O) groups excluding carboxylic acids is 3. The van der Waals surface area contributed by atoms with Crippen molar-refractivity contribution in [3.05, 3.63) is 35.6 Å². The third-order valence-corrected chi connectivity index (χ3v) is 6.89. The van der Waals surface area contributed by atoms with E-state index in [1.807, 2.05) is 4.90 Å². The first-order valence-corrected chi connectivity index (χ1v) is 11.2. The van der Waals surface area contributed by atoms with E-state index in [9.17, 15) is 18.8 Å². The summed E-state index contributed by atoms with van der Waals surface area (Å²) in [5.41, 5.74) is 0.158. The molecule has 1 heterocycles. The molecule has 162 valence electrons. The van der Waals surface area contributed by atoms with Crippen molar-refractivity contribution in [1.29, 1.82) is 0 Å². The number of hydrogen-bond donors (Lipinski definition) is 1. The fraction of sp³-hybridized carbons (Fsp3) is 0.609. The van der Waals surface area contributed by atoms with Crippen LogP contribution >= 0.6 is 0 Å². The molecule has 4 amide bonds. The van der Waals surface area contributed by atoms with E-state index in [1.54, 1.807) is 12.1 Å². The maximum absolute atomic E-state index is 13.2. The van der Waals surface area contributed by atoms with Gasteiger partial charge in [0, 0.05) is 12.6 Å². The van der Waals surface area contributed by atoms with E-state index < -0.39 is 11.6 Å². The Hall–Kier alpha value is -2.44. The Morgan fingerprint density at radius 1 is 1.07 bits per heavy atom. The van der Waals surface area contributed by atoms with Gasteiger partial charge in [-0.15, -0.1) is 0 Å². The Morgan fingerprint density at radius 3 is 2.40 bits per heavy atom. The zero-order chi connectivity index (χ0) is 21.1. The van der Waals surface area contributed by atoms with Crippen molar-refractivity contribution in [2.45, 2.75) is 75.8 Å². The van der Waals surface area contributed by atoms with Crippen molar-refractivity contribution in [3.8, 4) is 0 Å². The van der Waals surface area contributed by atoms with Crippen molar-refractivity contribution in [2.24, 2.45) is 0 Å². The van der Waals surface area contributed by atoms with Gasteiger partial charge in [-0.1, -0.05) is 44.2 Å². The summed E-state index contributed by atoms with van der Waals surface area (Å²) in [6.45, 7) is 0.302. The molecule has 0 unspecified atom stereocenters. The normalized spacial score (nSPS) is 21.3. The van der Waals surface area contributed by atoms with Gasteiger partial charge in [0.25, 0.3) is 5.91 Å². The number of benzene rings is 1. The van der Waals surface area contributed by atoms with E-state index >= 15 is 0 Å². The van der Waals surface area contributed by atoms with Crippen LogP contribution in [-0.4, -0.2) is 52.3 Å². The number of nitrogens with one attached hydrogen (secondary N) is 1. The van der Waals surface area contributed by atoms with E-state index in [1.165, 1.54) is 12.1 Å². The summed E-state index contributed by atoms with van der Waals surface area (Å²) in [5, 5.41) is 2.88. The highest BCUT2D eigenvalue weighted by Crippen LogP contribution is 2.34. The Morgan fingerprint density at radius 2 is 1.73 bits per heavy atom. The number of nitrogens with zero attached hydrogens (tertiary/aromatic N) is 2. The quantitative estimate of drug-likeness (QED) is 0.724. The first kappa shape index (κ1) is 20.8. The maximum Gasteiger partial charge on any atom is 0.325 e. The third-order valence-electron chi connectivity index (χ3n) is 6.89. The summed E-state index contributed by atoms with van der Waals surface area (Å²) < 4.78 is 13.2. The van der Waals surface area contributed by atoms with Crippen LogP contribution in [0.4, 0.5) is 9.18 Å². The molecule has 4 rings (SSSR count). The van der Waals surface area contributed by atoms with Crippen LogP contribution in [0.2, 0.25) is 0 Å². The van der Waals surface area contributed by atoms with E-state index in [0.29, 0.717) is 25.8 Å². The third kappa shape index (κ3) is 4.20. The number of hydrogen-bond acceptors (Lipinski definition) is 3. The molecule has 3 aliphatic rings. The predicted molar refractivity (Wildman–Crippen MR) is 110 cm³/mol. The Kier molecular flexibility index (Phi) is 6.06. The van der Waals surface area contributed by atoms with E-state index in [-0.39, 0.29) is 30.2 Å². The molecule has 0 aromatic heterocycles. The lowest BCUT2D eigenvalue weighted by Gasteiger charge is -2.32. The summed E-state index contributed by atoms with van der Waals surface area (Å²) >= 11 is 0. The molecule has 0 radical (unpaired) electrons.